The van der Waals surface area contributed by atoms with Gasteiger partial charge < -0.3 is 15.3 Å². The van der Waals surface area contributed by atoms with Crippen molar-refractivity contribution in [3.8, 4) is 0 Å². The van der Waals surface area contributed by atoms with Crippen LogP contribution in [-0.4, -0.2) is 47.1 Å². The molecule has 1 saturated heterocycles. The SMILES string of the molecule is CC1(O)CCN(C(=O)C(C)(C)CNC(=O)c2cc3c(s2)CCCCCC3)CC1. The molecule has 0 bridgehead atoms. The number of carbonyl (C=O) groups is 2. The van der Waals surface area contributed by atoms with Crippen molar-refractivity contribution in [2.45, 2.75) is 77.7 Å². The minimum atomic E-state index is -0.675. The van der Waals surface area contributed by atoms with Crippen LogP contribution in [0.4, 0.5) is 0 Å². The minimum Gasteiger partial charge on any atom is -0.390 e. The number of nitrogens with zero attached hydrogens (tertiary/aromatic N) is 1. The van der Waals surface area contributed by atoms with Crippen molar-refractivity contribution in [3.05, 3.63) is 21.4 Å². The molecule has 6 heteroatoms. The molecule has 0 atom stereocenters. The van der Waals surface area contributed by atoms with Crippen LogP contribution in [0.5, 0.6) is 0 Å². The molecule has 0 saturated carbocycles. The number of thiophene rings is 1. The maximum Gasteiger partial charge on any atom is 0.261 e. The van der Waals surface area contributed by atoms with E-state index in [0.717, 1.165) is 17.7 Å². The zero-order valence-corrected chi connectivity index (χ0v) is 18.3. The Morgan fingerprint density at radius 1 is 1.18 bits per heavy atom. The number of fused-ring (bicyclic) bond motifs is 1. The van der Waals surface area contributed by atoms with Crippen LogP contribution in [-0.2, 0) is 17.6 Å². The molecule has 5 nitrogen and oxygen atoms in total. The van der Waals surface area contributed by atoms with Crippen LogP contribution < -0.4 is 5.32 Å². The standard InChI is InChI=1S/C22H34N2O3S/c1-21(2,20(26)24-12-10-22(3,27)11-13-24)15-23-19(25)18-14-16-8-6-4-5-7-9-17(16)28-18/h14,27H,4-13,15H2,1-3H3,(H,23,25). The van der Waals surface area contributed by atoms with Gasteiger partial charge in [0.2, 0.25) is 5.91 Å². The van der Waals surface area contributed by atoms with Crippen LogP contribution in [0.15, 0.2) is 6.07 Å². The zero-order valence-electron chi connectivity index (χ0n) is 17.5. The Labute approximate surface area is 172 Å². The maximum absolute atomic E-state index is 12.9. The molecule has 2 aliphatic rings. The van der Waals surface area contributed by atoms with E-state index in [2.05, 4.69) is 11.4 Å². The lowest BCUT2D eigenvalue weighted by Crippen LogP contribution is -2.51. The summed E-state index contributed by atoms with van der Waals surface area (Å²) in [5, 5.41) is 13.1. The molecule has 1 aliphatic heterocycles. The second-order valence-electron chi connectivity index (χ2n) is 9.33. The Balaban J connectivity index is 1.57. The predicted molar refractivity (Wildman–Crippen MR) is 113 cm³/mol. The van der Waals surface area contributed by atoms with E-state index in [1.807, 2.05) is 25.7 Å². The Hall–Kier alpha value is -1.40. The van der Waals surface area contributed by atoms with Crippen LogP contribution in [0.25, 0.3) is 0 Å². The molecule has 1 aromatic heterocycles. The van der Waals surface area contributed by atoms with Crippen molar-refractivity contribution >= 4 is 23.2 Å². The molecule has 156 valence electrons. The Morgan fingerprint density at radius 3 is 2.50 bits per heavy atom. The van der Waals surface area contributed by atoms with E-state index in [-0.39, 0.29) is 11.8 Å². The average molecular weight is 407 g/mol. The van der Waals surface area contributed by atoms with Gasteiger partial charge in [-0.1, -0.05) is 12.8 Å². The predicted octanol–water partition coefficient (Wildman–Crippen LogP) is 3.54. The first-order valence-electron chi connectivity index (χ1n) is 10.6. The van der Waals surface area contributed by atoms with Gasteiger partial charge in [0.15, 0.2) is 0 Å². The lowest BCUT2D eigenvalue weighted by Gasteiger charge is -2.39. The molecule has 1 fully saturated rings. The molecule has 3 rings (SSSR count). The summed E-state index contributed by atoms with van der Waals surface area (Å²) in [6.45, 7) is 7.05. The van der Waals surface area contributed by atoms with Gasteiger partial charge in [0.1, 0.15) is 0 Å². The van der Waals surface area contributed by atoms with E-state index < -0.39 is 11.0 Å². The van der Waals surface area contributed by atoms with E-state index in [9.17, 15) is 14.7 Å². The van der Waals surface area contributed by atoms with Crippen molar-refractivity contribution in [1.82, 2.24) is 10.2 Å². The average Bonchev–Trinajstić information content (AvgIpc) is 3.01. The quantitative estimate of drug-likeness (QED) is 0.804. The molecule has 0 spiro atoms. The van der Waals surface area contributed by atoms with Crippen molar-refractivity contribution in [2.24, 2.45) is 5.41 Å². The fourth-order valence-electron chi connectivity index (χ4n) is 4.04. The van der Waals surface area contributed by atoms with Crippen molar-refractivity contribution < 1.29 is 14.7 Å². The first-order chi connectivity index (χ1) is 13.2. The summed E-state index contributed by atoms with van der Waals surface area (Å²) in [7, 11) is 0. The zero-order chi connectivity index (χ0) is 20.4. The third kappa shape index (κ3) is 5.15. The third-order valence-corrected chi connectivity index (χ3v) is 7.35. The molecule has 28 heavy (non-hydrogen) atoms. The number of hydrogen-bond acceptors (Lipinski definition) is 4. The Bertz CT molecular complexity index is 688. The topological polar surface area (TPSA) is 69.6 Å². The molecule has 1 aliphatic carbocycles. The second-order valence-corrected chi connectivity index (χ2v) is 10.5. The molecular formula is C22H34N2O3S. The van der Waals surface area contributed by atoms with Gasteiger partial charge in [0.05, 0.1) is 15.9 Å². The van der Waals surface area contributed by atoms with Gasteiger partial charge in [-0.05, 0) is 70.9 Å². The first-order valence-corrected chi connectivity index (χ1v) is 11.4. The number of nitrogens with one attached hydrogen (secondary N) is 1. The summed E-state index contributed by atoms with van der Waals surface area (Å²) < 4.78 is 0. The number of rotatable bonds is 4. The largest absolute Gasteiger partial charge is 0.390 e. The molecule has 1 aromatic rings. The number of aliphatic hydroxyl groups is 1. The van der Waals surface area contributed by atoms with E-state index in [4.69, 9.17) is 0 Å². The summed E-state index contributed by atoms with van der Waals surface area (Å²) >= 11 is 1.62. The Morgan fingerprint density at radius 2 is 1.82 bits per heavy atom. The fourth-order valence-corrected chi connectivity index (χ4v) is 5.21. The van der Waals surface area contributed by atoms with Gasteiger partial charge >= 0.3 is 0 Å². The van der Waals surface area contributed by atoms with Crippen LogP contribution in [0.2, 0.25) is 0 Å². The summed E-state index contributed by atoms with van der Waals surface area (Å²) in [6.07, 6.45) is 8.32. The molecule has 2 amide bonds. The molecule has 2 heterocycles. The van der Waals surface area contributed by atoms with Crippen molar-refractivity contribution in [3.63, 3.8) is 0 Å². The molecule has 0 unspecified atom stereocenters. The van der Waals surface area contributed by atoms with Gasteiger partial charge in [0, 0.05) is 24.5 Å². The highest BCUT2D eigenvalue weighted by atomic mass is 32.1. The van der Waals surface area contributed by atoms with E-state index >= 15 is 0 Å². The van der Waals surface area contributed by atoms with Crippen LogP contribution in [0.3, 0.4) is 0 Å². The summed E-state index contributed by atoms with van der Waals surface area (Å²) in [4.78, 5) is 29.6. The van der Waals surface area contributed by atoms with Gasteiger partial charge in [-0.15, -0.1) is 11.3 Å². The fraction of sp³-hybridized carbons (Fsp3) is 0.727. The number of hydrogen-bond donors (Lipinski definition) is 2. The molecule has 0 aromatic carbocycles. The second kappa shape index (κ2) is 8.54. The summed E-state index contributed by atoms with van der Waals surface area (Å²) in [5.74, 6) is -0.0269. The van der Waals surface area contributed by atoms with Crippen LogP contribution in [0.1, 0.15) is 79.4 Å². The maximum atomic E-state index is 12.9. The smallest absolute Gasteiger partial charge is 0.261 e. The van der Waals surface area contributed by atoms with Crippen LogP contribution in [0, 0.1) is 5.41 Å². The van der Waals surface area contributed by atoms with E-state index in [0.29, 0.717) is 32.5 Å². The van der Waals surface area contributed by atoms with Crippen molar-refractivity contribution in [1.29, 1.82) is 0 Å². The van der Waals surface area contributed by atoms with E-state index in [1.54, 1.807) is 11.3 Å². The van der Waals surface area contributed by atoms with Crippen LogP contribution >= 0.6 is 11.3 Å². The van der Waals surface area contributed by atoms with Crippen molar-refractivity contribution in [2.75, 3.05) is 19.6 Å². The van der Waals surface area contributed by atoms with Gasteiger partial charge in [-0.2, -0.15) is 0 Å². The highest BCUT2D eigenvalue weighted by Gasteiger charge is 2.36. The number of aryl methyl sites for hydroxylation is 2. The monoisotopic (exact) mass is 406 g/mol. The first kappa shape index (κ1) is 21.3. The number of carbonyl (C=O) groups excluding carboxylic acids is 2. The van der Waals surface area contributed by atoms with Gasteiger partial charge in [-0.3, -0.25) is 9.59 Å². The normalized spacial score (nSPS) is 20.1. The molecule has 0 radical (unpaired) electrons. The highest BCUT2D eigenvalue weighted by Crippen LogP contribution is 2.29. The number of amides is 2. The Kier molecular flexibility index (Phi) is 6.50. The highest BCUT2D eigenvalue weighted by molar-refractivity contribution is 7.14. The third-order valence-electron chi connectivity index (χ3n) is 6.12. The lowest BCUT2D eigenvalue weighted by molar-refractivity contribution is -0.143. The lowest BCUT2D eigenvalue weighted by atomic mass is 9.88. The number of piperidine rings is 1. The minimum absolute atomic E-state index is 0.0433. The number of likely N-dealkylation sites (tertiary alicyclic amines) is 1. The van der Waals surface area contributed by atoms with Gasteiger partial charge in [0.25, 0.3) is 5.91 Å². The molecular weight excluding hydrogens is 372 g/mol. The molecule has 2 N–H and O–H groups in total. The van der Waals surface area contributed by atoms with Gasteiger partial charge in [-0.25, -0.2) is 0 Å². The summed E-state index contributed by atoms with van der Waals surface area (Å²) in [5.41, 5.74) is 0.00105. The van der Waals surface area contributed by atoms with E-state index in [1.165, 1.54) is 36.1 Å². The summed E-state index contributed by atoms with van der Waals surface area (Å²) in [6, 6.07) is 2.06.